The van der Waals surface area contributed by atoms with E-state index in [9.17, 15) is 31.2 Å². The standard InChI is InChI=1S/C25H24ClF4N3O7S/c1-11-5-7-16(27)18(12(11)2)13(3)20(22-31-32-23(35)39-22)33-41(36,37)17-8-6-15(26)19-21(17)38-10-9-24(19,25(28,29)30)40-14(4)34/h5-8,13,20,33H,9-10H2,1-4H3,(H,32,35). The number of esters is 1. The lowest BCUT2D eigenvalue weighted by Gasteiger charge is -2.40. The second-order valence-electron chi connectivity index (χ2n) is 9.51. The topological polar surface area (TPSA) is 141 Å². The minimum Gasteiger partial charge on any atom is -0.491 e. The summed E-state index contributed by atoms with van der Waals surface area (Å²) in [6.07, 6.45) is -6.09. The molecule has 0 saturated carbocycles. The molecule has 0 saturated heterocycles. The summed E-state index contributed by atoms with van der Waals surface area (Å²) in [6, 6.07) is 3.00. The summed E-state index contributed by atoms with van der Waals surface area (Å²) in [5.74, 6) is -5.28. The van der Waals surface area contributed by atoms with Gasteiger partial charge in [-0.2, -0.15) is 17.9 Å². The van der Waals surface area contributed by atoms with Gasteiger partial charge in [-0.15, -0.1) is 5.10 Å². The van der Waals surface area contributed by atoms with Gasteiger partial charge in [-0.05, 0) is 48.7 Å². The van der Waals surface area contributed by atoms with Crippen LogP contribution in [0.2, 0.25) is 5.02 Å². The van der Waals surface area contributed by atoms with Crippen LogP contribution >= 0.6 is 11.6 Å². The Morgan fingerprint density at radius 1 is 1.24 bits per heavy atom. The Morgan fingerprint density at radius 2 is 1.93 bits per heavy atom. The first kappa shape index (κ1) is 30.5. The van der Waals surface area contributed by atoms with Gasteiger partial charge in [-0.25, -0.2) is 22.7 Å². The Kier molecular flexibility index (Phi) is 8.01. The van der Waals surface area contributed by atoms with Crippen LogP contribution in [-0.4, -0.2) is 37.4 Å². The number of aromatic amines is 1. The summed E-state index contributed by atoms with van der Waals surface area (Å²) < 4.78 is 103. The zero-order valence-corrected chi connectivity index (χ0v) is 23.6. The quantitative estimate of drug-likeness (QED) is 0.286. The van der Waals surface area contributed by atoms with Gasteiger partial charge in [-0.3, -0.25) is 4.79 Å². The third-order valence-electron chi connectivity index (χ3n) is 6.93. The Labute approximate surface area is 236 Å². The van der Waals surface area contributed by atoms with Crippen molar-refractivity contribution in [3.05, 3.63) is 73.8 Å². The Morgan fingerprint density at radius 3 is 2.51 bits per heavy atom. The molecule has 0 fully saturated rings. The van der Waals surface area contributed by atoms with Crippen molar-refractivity contribution >= 4 is 27.6 Å². The lowest BCUT2D eigenvalue weighted by atomic mass is 9.87. The van der Waals surface area contributed by atoms with Crippen LogP contribution in [0.4, 0.5) is 17.6 Å². The van der Waals surface area contributed by atoms with E-state index in [4.69, 9.17) is 25.5 Å². The highest BCUT2D eigenvalue weighted by Crippen LogP contribution is 2.54. The number of H-pyrrole nitrogens is 1. The smallest absolute Gasteiger partial charge is 0.434 e. The molecule has 2 N–H and O–H groups in total. The Hall–Kier alpha value is -3.43. The van der Waals surface area contributed by atoms with Crippen molar-refractivity contribution in [2.75, 3.05) is 6.61 Å². The van der Waals surface area contributed by atoms with Gasteiger partial charge < -0.3 is 13.9 Å². The van der Waals surface area contributed by atoms with Gasteiger partial charge in [0.25, 0.3) is 0 Å². The molecule has 0 aliphatic carbocycles. The molecule has 10 nitrogen and oxygen atoms in total. The number of carbonyl (C=O) groups excluding carboxylic acids is 1. The molecule has 1 aliphatic heterocycles. The second kappa shape index (κ2) is 10.8. The molecule has 0 radical (unpaired) electrons. The average molecular weight is 622 g/mol. The predicted octanol–water partition coefficient (Wildman–Crippen LogP) is 4.70. The lowest BCUT2D eigenvalue weighted by Crippen LogP contribution is -2.49. The number of benzene rings is 2. The fourth-order valence-electron chi connectivity index (χ4n) is 4.88. The Bertz CT molecular complexity index is 1670. The summed E-state index contributed by atoms with van der Waals surface area (Å²) in [7, 11) is -4.85. The van der Waals surface area contributed by atoms with Crippen molar-refractivity contribution in [3.63, 3.8) is 0 Å². The molecular formula is C25H24ClF4N3O7S. The molecule has 0 spiro atoms. The van der Waals surface area contributed by atoms with E-state index < -0.39 is 91.5 Å². The molecule has 2 heterocycles. The number of alkyl halides is 3. The van der Waals surface area contributed by atoms with Crippen molar-refractivity contribution in [1.29, 1.82) is 0 Å². The van der Waals surface area contributed by atoms with Crippen LogP contribution in [0.25, 0.3) is 0 Å². The number of aromatic nitrogens is 2. The number of nitrogens with zero attached hydrogens (tertiary/aromatic N) is 1. The van der Waals surface area contributed by atoms with Crippen LogP contribution in [-0.2, 0) is 25.2 Å². The first-order valence-corrected chi connectivity index (χ1v) is 13.9. The fourth-order valence-corrected chi connectivity index (χ4v) is 6.60. The van der Waals surface area contributed by atoms with Crippen molar-refractivity contribution in [1.82, 2.24) is 14.9 Å². The van der Waals surface area contributed by atoms with Crippen LogP contribution < -0.4 is 15.2 Å². The molecule has 1 aliphatic rings. The zero-order valence-electron chi connectivity index (χ0n) is 22.0. The third kappa shape index (κ3) is 5.45. The molecule has 41 heavy (non-hydrogen) atoms. The number of hydrogen-bond donors (Lipinski definition) is 2. The lowest BCUT2D eigenvalue weighted by molar-refractivity contribution is -0.283. The summed E-state index contributed by atoms with van der Waals surface area (Å²) in [5, 5.41) is 5.15. The minimum atomic E-state index is -5.20. The van der Waals surface area contributed by atoms with Gasteiger partial charge in [0, 0.05) is 19.3 Å². The molecule has 0 amide bonds. The van der Waals surface area contributed by atoms with Crippen molar-refractivity contribution in [3.8, 4) is 5.75 Å². The molecule has 4 rings (SSSR count). The van der Waals surface area contributed by atoms with E-state index in [-0.39, 0.29) is 5.56 Å². The maximum absolute atomic E-state index is 15.0. The molecule has 0 bridgehead atoms. The van der Waals surface area contributed by atoms with Gasteiger partial charge in [0.05, 0.1) is 17.2 Å². The molecule has 16 heteroatoms. The number of rotatable bonds is 7. The van der Waals surface area contributed by atoms with Crippen LogP contribution in [0.3, 0.4) is 0 Å². The van der Waals surface area contributed by atoms with Crippen molar-refractivity contribution in [2.24, 2.45) is 0 Å². The van der Waals surface area contributed by atoms with E-state index in [2.05, 4.69) is 9.82 Å². The number of halogens is 5. The number of ether oxygens (including phenoxy) is 2. The number of nitrogens with one attached hydrogen (secondary N) is 2. The predicted molar refractivity (Wildman–Crippen MR) is 136 cm³/mol. The van der Waals surface area contributed by atoms with Crippen LogP contribution in [0.1, 0.15) is 60.4 Å². The summed E-state index contributed by atoms with van der Waals surface area (Å²) >= 11 is 6.13. The van der Waals surface area contributed by atoms with Crippen molar-refractivity contribution < 1.29 is 44.7 Å². The molecular weight excluding hydrogens is 598 g/mol. The molecule has 1 aromatic heterocycles. The second-order valence-corrected chi connectivity index (χ2v) is 11.6. The number of carbonyl (C=O) groups is 1. The average Bonchev–Trinajstić information content (AvgIpc) is 3.30. The van der Waals surface area contributed by atoms with Gasteiger partial charge in [-0.1, -0.05) is 24.6 Å². The normalized spacial score (nSPS) is 18.8. The minimum absolute atomic E-state index is 0.0867. The number of hydrogen-bond acceptors (Lipinski definition) is 8. The van der Waals surface area contributed by atoms with Crippen LogP contribution in [0.15, 0.2) is 38.4 Å². The van der Waals surface area contributed by atoms with Crippen LogP contribution in [0, 0.1) is 19.7 Å². The zero-order chi connectivity index (χ0) is 30.5. The fraction of sp³-hybridized carbons (Fsp3) is 0.400. The van der Waals surface area contributed by atoms with E-state index in [1.807, 2.05) is 5.10 Å². The van der Waals surface area contributed by atoms with E-state index in [1.54, 1.807) is 13.8 Å². The van der Waals surface area contributed by atoms with Crippen LogP contribution in [0.5, 0.6) is 5.75 Å². The van der Waals surface area contributed by atoms with E-state index >= 15 is 4.39 Å². The van der Waals surface area contributed by atoms with Gasteiger partial charge in [0.15, 0.2) is 0 Å². The number of fused-ring (bicyclic) bond motifs is 1. The SMILES string of the molecule is CC(=O)OC1(C(F)(F)F)CCOc2c(S(=O)(=O)NC(c3n[nH]c(=O)o3)C(C)c3c(F)ccc(C)c3C)ccc(Cl)c21. The largest absolute Gasteiger partial charge is 0.491 e. The van der Waals surface area contributed by atoms with E-state index in [0.717, 1.165) is 19.1 Å². The highest BCUT2D eigenvalue weighted by atomic mass is 35.5. The maximum atomic E-state index is 15.0. The molecule has 222 valence electrons. The molecule has 3 aromatic rings. The van der Waals surface area contributed by atoms with Gasteiger partial charge in [0.1, 0.15) is 22.5 Å². The van der Waals surface area contributed by atoms with E-state index in [0.29, 0.717) is 11.1 Å². The first-order chi connectivity index (χ1) is 19.0. The van der Waals surface area contributed by atoms with Gasteiger partial charge >= 0.3 is 17.9 Å². The van der Waals surface area contributed by atoms with E-state index in [1.165, 1.54) is 19.1 Å². The third-order valence-corrected chi connectivity index (χ3v) is 8.71. The van der Waals surface area contributed by atoms with Crippen molar-refractivity contribution in [2.45, 2.75) is 62.7 Å². The summed E-state index contributed by atoms with van der Waals surface area (Å²) in [5.41, 5.74) is -2.93. The monoisotopic (exact) mass is 621 g/mol. The maximum Gasteiger partial charge on any atom is 0.434 e. The highest BCUT2D eigenvalue weighted by Gasteiger charge is 2.63. The molecule has 3 atom stereocenters. The first-order valence-electron chi connectivity index (χ1n) is 12.1. The molecule has 3 unspecified atom stereocenters. The van der Waals surface area contributed by atoms with Gasteiger partial charge in [0.2, 0.25) is 21.5 Å². The number of aryl methyl sites for hydroxylation is 1. The summed E-state index contributed by atoms with van der Waals surface area (Å²) in [6.45, 7) is 4.88. The highest BCUT2D eigenvalue weighted by molar-refractivity contribution is 7.89. The Balaban J connectivity index is 1.89. The summed E-state index contributed by atoms with van der Waals surface area (Å²) in [4.78, 5) is 22.7. The number of sulfonamides is 1. The molecule has 2 aromatic carbocycles.